The van der Waals surface area contributed by atoms with Crippen molar-refractivity contribution in [3.05, 3.63) is 12.7 Å². The Hall–Kier alpha value is -0.380. The van der Waals surface area contributed by atoms with Crippen LogP contribution in [0.25, 0.3) is 0 Å². The van der Waals surface area contributed by atoms with Crippen LogP contribution in [0.15, 0.2) is 12.7 Å². The molecule has 0 bridgehead atoms. The molecule has 1 atom stereocenters. The molecule has 14 heavy (non-hydrogen) atoms. The highest BCUT2D eigenvalue weighted by atomic mass is 16.5. The molecule has 1 unspecified atom stereocenters. The number of hydrogen-bond acceptors (Lipinski definition) is 3. The van der Waals surface area contributed by atoms with Crippen molar-refractivity contribution in [1.29, 1.82) is 0 Å². The standard InChI is InChI=1S/C11H24N2O/c1-5-7-13(8-9-14-4)11(6-2)10-12-3/h5,11-12H,1,6-10H2,2-4H3. The maximum atomic E-state index is 5.10. The summed E-state index contributed by atoms with van der Waals surface area (Å²) in [6, 6.07) is 0.577. The van der Waals surface area contributed by atoms with Crippen LogP contribution in [-0.2, 0) is 4.74 Å². The van der Waals surface area contributed by atoms with E-state index in [1.807, 2.05) is 13.1 Å². The van der Waals surface area contributed by atoms with Gasteiger partial charge < -0.3 is 10.1 Å². The Bertz CT molecular complexity index is 139. The number of nitrogens with zero attached hydrogens (tertiary/aromatic N) is 1. The first-order valence-electron chi connectivity index (χ1n) is 5.28. The number of rotatable bonds is 9. The average Bonchev–Trinajstić information content (AvgIpc) is 2.21. The Morgan fingerprint density at radius 1 is 1.57 bits per heavy atom. The molecule has 0 saturated heterocycles. The van der Waals surface area contributed by atoms with Crippen molar-refractivity contribution in [2.45, 2.75) is 19.4 Å². The topological polar surface area (TPSA) is 24.5 Å². The summed E-state index contributed by atoms with van der Waals surface area (Å²) in [5.41, 5.74) is 0. The molecule has 3 heteroatoms. The molecule has 0 rings (SSSR count). The molecule has 84 valence electrons. The second kappa shape index (κ2) is 9.19. The fourth-order valence-corrected chi connectivity index (χ4v) is 1.56. The lowest BCUT2D eigenvalue weighted by Gasteiger charge is -2.29. The van der Waals surface area contributed by atoms with Crippen molar-refractivity contribution in [3.8, 4) is 0 Å². The molecule has 0 amide bonds. The zero-order valence-corrected chi connectivity index (χ0v) is 9.75. The van der Waals surface area contributed by atoms with Crippen molar-refractivity contribution in [1.82, 2.24) is 10.2 Å². The Morgan fingerprint density at radius 2 is 2.29 bits per heavy atom. The van der Waals surface area contributed by atoms with Gasteiger partial charge in [-0.1, -0.05) is 13.0 Å². The lowest BCUT2D eigenvalue weighted by Crippen LogP contribution is -2.42. The van der Waals surface area contributed by atoms with E-state index in [9.17, 15) is 0 Å². The van der Waals surface area contributed by atoms with Gasteiger partial charge in [-0.15, -0.1) is 6.58 Å². The van der Waals surface area contributed by atoms with Gasteiger partial charge in [0, 0.05) is 32.8 Å². The lowest BCUT2D eigenvalue weighted by atomic mass is 10.2. The molecule has 0 heterocycles. The van der Waals surface area contributed by atoms with Crippen molar-refractivity contribution >= 4 is 0 Å². The quantitative estimate of drug-likeness (QED) is 0.564. The Labute approximate surface area is 88.1 Å². The van der Waals surface area contributed by atoms with Crippen LogP contribution in [-0.4, -0.2) is 51.3 Å². The molecule has 1 N–H and O–H groups in total. The van der Waals surface area contributed by atoms with Gasteiger partial charge in [0.15, 0.2) is 0 Å². The summed E-state index contributed by atoms with van der Waals surface area (Å²) in [7, 11) is 3.73. The Kier molecular flexibility index (Phi) is 8.94. The van der Waals surface area contributed by atoms with E-state index in [2.05, 4.69) is 23.7 Å². The Morgan fingerprint density at radius 3 is 2.71 bits per heavy atom. The van der Waals surface area contributed by atoms with Gasteiger partial charge >= 0.3 is 0 Å². The predicted octanol–water partition coefficient (Wildman–Crippen LogP) is 1.12. The normalized spacial score (nSPS) is 13.1. The summed E-state index contributed by atoms with van der Waals surface area (Å²) in [4.78, 5) is 2.40. The van der Waals surface area contributed by atoms with Gasteiger partial charge in [0.1, 0.15) is 0 Å². The SMILES string of the molecule is C=CCN(CCOC)C(CC)CNC. The highest BCUT2D eigenvalue weighted by Gasteiger charge is 2.13. The lowest BCUT2D eigenvalue weighted by molar-refractivity contribution is 0.126. The minimum atomic E-state index is 0.577. The van der Waals surface area contributed by atoms with Crippen LogP contribution in [0.3, 0.4) is 0 Å². The molecule has 0 aromatic heterocycles. The Balaban J connectivity index is 4.04. The molecular weight excluding hydrogens is 176 g/mol. The number of likely N-dealkylation sites (N-methyl/N-ethyl adjacent to an activating group) is 1. The van der Waals surface area contributed by atoms with Crippen molar-refractivity contribution in [3.63, 3.8) is 0 Å². The van der Waals surface area contributed by atoms with Crippen LogP contribution in [0.2, 0.25) is 0 Å². The third-order valence-electron chi connectivity index (χ3n) is 2.37. The largest absolute Gasteiger partial charge is 0.383 e. The molecule has 0 aliphatic carbocycles. The maximum Gasteiger partial charge on any atom is 0.0589 e. The molecule has 0 aromatic rings. The van der Waals surface area contributed by atoms with Gasteiger partial charge in [-0.3, -0.25) is 4.90 Å². The zero-order valence-electron chi connectivity index (χ0n) is 9.75. The van der Waals surface area contributed by atoms with Crippen LogP contribution < -0.4 is 5.32 Å². The number of nitrogens with one attached hydrogen (secondary N) is 1. The van der Waals surface area contributed by atoms with E-state index < -0.39 is 0 Å². The summed E-state index contributed by atoms with van der Waals surface area (Å²) in [6.07, 6.45) is 3.10. The van der Waals surface area contributed by atoms with Gasteiger partial charge in [0.25, 0.3) is 0 Å². The molecule has 0 fully saturated rings. The van der Waals surface area contributed by atoms with Crippen LogP contribution >= 0.6 is 0 Å². The fraction of sp³-hybridized carbons (Fsp3) is 0.818. The summed E-state index contributed by atoms with van der Waals surface area (Å²) in [5.74, 6) is 0. The van der Waals surface area contributed by atoms with Crippen molar-refractivity contribution in [2.24, 2.45) is 0 Å². The van der Waals surface area contributed by atoms with Gasteiger partial charge in [0.2, 0.25) is 0 Å². The molecular formula is C11H24N2O. The van der Waals surface area contributed by atoms with E-state index in [0.717, 1.165) is 32.7 Å². The number of methoxy groups -OCH3 is 1. The van der Waals surface area contributed by atoms with E-state index in [1.165, 1.54) is 0 Å². The number of hydrogen-bond donors (Lipinski definition) is 1. The molecule has 0 aliphatic rings. The second-order valence-electron chi connectivity index (χ2n) is 3.40. The van der Waals surface area contributed by atoms with Gasteiger partial charge in [-0.2, -0.15) is 0 Å². The summed E-state index contributed by atoms with van der Waals surface area (Å²) < 4.78 is 5.10. The van der Waals surface area contributed by atoms with Crippen LogP contribution in [0, 0.1) is 0 Å². The first kappa shape index (κ1) is 13.6. The monoisotopic (exact) mass is 200 g/mol. The summed E-state index contributed by atoms with van der Waals surface area (Å²) >= 11 is 0. The van der Waals surface area contributed by atoms with E-state index in [4.69, 9.17) is 4.74 Å². The molecule has 0 aromatic carbocycles. The van der Waals surface area contributed by atoms with Gasteiger partial charge in [-0.25, -0.2) is 0 Å². The minimum absolute atomic E-state index is 0.577. The maximum absolute atomic E-state index is 5.10. The first-order chi connectivity index (χ1) is 6.79. The molecule has 0 saturated carbocycles. The van der Waals surface area contributed by atoms with E-state index in [0.29, 0.717) is 6.04 Å². The van der Waals surface area contributed by atoms with Crippen LogP contribution in [0.4, 0.5) is 0 Å². The highest BCUT2D eigenvalue weighted by Crippen LogP contribution is 2.03. The molecule has 3 nitrogen and oxygen atoms in total. The minimum Gasteiger partial charge on any atom is -0.383 e. The second-order valence-corrected chi connectivity index (χ2v) is 3.40. The molecule has 0 aliphatic heterocycles. The van der Waals surface area contributed by atoms with E-state index in [1.54, 1.807) is 7.11 Å². The van der Waals surface area contributed by atoms with Crippen molar-refractivity contribution in [2.75, 3.05) is 40.4 Å². The van der Waals surface area contributed by atoms with Crippen LogP contribution in [0.5, 0.6) is 0 Å². The van der Waals surface area contributed by atoms with E-state index in [-0.39, 0.29) is 0 Å². The van der Waals surface area contributed by atoms with Crippen LogP contribution in [0.1, 0.15) is 13.3 Å². The fourth-order valence-electron chi connectivity index (χ4n) is 1.56. The smallest absolute Gasteiger partial charge is 0.0589 e. The highest BCUT2D eigenvalue weighted by molar-refractivity contribution is 4.79. The number of ether oxygens (including phenoxy) is 1. The van der Waals surface area contributed by atoms with Crippen molar-refractivity contribution < 1.29 is 4.74 Å². The summed E-state index contributed by atoms with van der Waals surface area (Å²) in [5, 5.41) is 3.22. The molecule has 0 radical (unpaired) electrons. The van der Waals surface area contributed by atoms with Gasteiger partial charge in [0.05, 0.1) is 6.61 Å². The van der Waals surface area contributed by atoms with E-state index >= 15 is 0 Å². The average molecular weight is 200 g/mol. The third kappa shape index (κ3) is 5.37. The third-order valence-corrected chi connectivity index (χ3v) is 2.37. The zero-order chi connectivity index (χ0) is 10.8. The predicted molar refractivity (Wildman–Crippen MR) is 61.7 cm³/mol. The summed E-state index contributed by atoms with van der Waals surface area (Å²) in [6.45, 7) is 9.71. The first-order valence-corrected chi connectivity index (χ1v) is 5.28. The van der Waals surface area contributed by atoms with Gasteiger partial charge in [-0.05, 0) is 13.5 Å². The molecule has 0 spiro atoms.